The van der Waals surface area contributed by atoms with Crippen molar-refractivity contribution in [2.75, 3.05) is 13.1 Å². The molecule has 0 bridgehead atoms. The summed E-state index contributed by atoms with van der Waals surface area (Å²) < 4.78 is 5.28. The van der Waals surface area contributed by atoms with Crippen molar-refractivity contribution in [1.29, 1.82) is 0 Å². The van der Waals surface area contributed by atoms with E-state index in [4.69, 9.17) is 9.52 Å². The first-order valence-electron chi connectivity index (χ1n) is 10.3. The summed E-state index contributed by atoms with van der Waals surface area (Å²) in [7, 11) is 0. The Balaban J connectivity index is 0.00000300. The maximum atomic E-state index is 9.65. The van der Waals surface area contributed by atoms with Crippen LogP contribution in [0.2, 0.25) is 0 Å². The molecule has 8 heteroatoms. The van der Waals surface area contributed by atoms with Crippen LogP contribution in [0.5, 0.6) is 0 Å². The van der Waals surface area contributed by atoms with Gasteiger partial charge in [0.25, 0.3) is 5.89 Å². The van der Waals surface area contributed by atoms with Gasteiger partial charge < -0.3 is 20.3 Å². The number of nitrogens with one attached hydrogen (secondary N) is 2. The van der Waals surface area contributed by atoms with E-state index in [1.165, 1.54) is 5.56 Å². The lowest BCUT2D eigenvalue weighted by Gasteiger charge is -2.27. The van der Waals surface area contributed by atoms with Crippen LogP contribution in [0.1, 0.15) is 50.9 Å². The maximum absolute atomic E-state index is 9.65. The minimum atomic E-state index is -0.138. The third-order valence-electron chi connectivity index (χ3n) is 5.04. The van der Waals surface area contributed by atoms with Gasteiger partial charge in [-0.05, 0) is 56.7 Å². The van der Waals surface area contributed by atoms with Gasteiger partial charge in [-0.1, -0.05) is 24.2 Å². The van der Waals surface area contributed by atoms with Gasteiger partial charge in [0.05, 0.1) is 6.10 Å². The number of hydrogen-bond acceptors (Lipinski definition) is 5. The predicted molar refractivity (Wildman–Crippen MR) is 126 cm³/mol. The van der Waals surface area contributed by atoms with Crippen LogP contribution in [-0.4, -0.2) is 46.4 Å². The zero-order chi connectivity index (χ0) is 19.8. The summed E-state index contributed by atoms with van der Waals surface area (Å²) in [5.41, 5.74) is 2.16. The Bertz CT molecular complexity index is 755. The predicted octanol–water partition coefficient (Wildman–Crippen LogP) is 3.32. The normalized spacial score (nSPS) is 19.5. The largest absolute Gasteiger partial charge is 0.393 e. The lowest BCUT2D eigenvalue weighted by Crippen LogP contribution is -2.45. The van der Waals surface area contributed by atoms with E-state index in [0.717, 1.165) is 62.4 Å². The molecule has 1 aliphatic carbocycles. The SMILES string of the molecule is CCNC(=NCCc1ccc(-c2nc(CC)no2)cc1)NC1CCC(O)CC1.I. The number of rotatable bonds is 7. The maximum Gasteiger partial charge on any atom is 0.257 e. The van der Waals surface area contributed by atoms with E-state index in [1.54, 1.807) is 0 Å². The molecular formula is C21H32IN5O2. The van der Waals surface area contributed by atoms with Crippen LogP contribution in [0.25, 0.3) is 11.5 Å². The summed E-state index contributed by atoms with van der Waals surface area (Å²) in [6.45, 7) is 5.62. The topological polar surface area (TPSA) is 95.6 Å². The van der Waals surface area contributed by atoms with Gasteiger partial charge in [0.1, 0.15) is 0 Å². The second-order valence-corrected chi connectivity index (χ2v) is 7.23. The van der Waals surface area contributed by atoms with Crippen molar-refractivity contribution in [1.82, 2.24) is 20.8 Å². The highest BCUT2D eigenvalue weighted by molar-refractivity contribution is 14.0. The summed E-state index contributed by atoms with van der Waals surface area (Å²) in [5.74, 6) is 2.15. The van der Waals surface area contributed by atoms with Crippen LogP contribution in [0, 0.1) is 0 Å². The first-order valence-corrected chi connectivity index (χ1v) is 10.3. The molecule has 29 heavy (non-hydrogen) atoms. The second-order valence-electron chi connectivity index (χ2n) is 7.23. The Morgan fingerprint density at radius 3 is 2.52 bits per heavy atom. The molecule has 1 saturated carbocycles. The molecule has 0 amide bonds. The van der Waals surface area contributed by atoms with Crippen LogP contribution in [0.15, 0.2) is 33.8 Å². The number of guanidine groups is 1. The fourth-order valence-corrected chi connectivity index (χ4v) is 3.36. The van der Waals surface area contributed by atoms with Crippen LogP contribution >= 0.6 is 24.0 Å². The van der Waals surface area contributed by atoms with Crippen molar-refractivity contribution >= 4 is 29.9 Å². The Hall–Kier alpha value is -1.68. The summed E-state index contributed by atoms with van der Waals surface area (Å²) in [6.07, 6.45) is 5.20. The number of halogens is 1. The molecule has 3 N–H and O–H groups in total. The number of aliphatic hydroxyl groups is 1. The van der Waals surface area contributed by atoms with E-state index in [1.807, 2.05) is 19.1 Å². The first-order chi connectivity index (χ1) is 13.7. The number of aliphatic imine (C=N–C) groups is 1. The van der Waals surface area contributed by atoms with Crippen molar-refractivity contribution in [3.8, 4) is 11.5 Å². The first kappa shape index (κ1) is 23.6. The van der Waals surface area contributed by atoms with Gasteiger partial charge in [-0.3, -0.25) is 4.99 Å². The van der Waals surface area contributed by atoms with E-state index < -0.39 is 0 Å². The number of aryl methyl sites for hydroxylation is 1. The van der Waals surface area contributed by atoms with Gasteiger partial charge in [0.2, 0.25) is 0 Å². The lowest BCUT2D eigenvalue weighted by atomic mass is 9.93. The number of hydrogen-bond donors (Lipinski definition) is 3. The van der Waals surface area contributed by atoms with Crippen LogP contribution in [0.3, 0.4) is 0 Å². The molecule has 0 aliphatic heterocycles. The third-order valence-corrected chi connectivity index (χ3v) is 5.04. The number of aliphatic hydroxyl groups excluding tert-OH is 1. The average Bonchev–Trinajstić information content (AvgIpc) is 3.20. The highest BCUT2D eigenvalue weighted by Crippen LogP contribution is 2.19. The Morgan fingerprint density at radius 1 is 1.17 bits per heavy atom. The fraction of sp³-hybridized carbons (Fsp3) is 0.571. The Kier molecular flexibility index (Phi) is 9.86. The molecule has 1 aromatic carbocycles. The molecule has 1 aliphatic rings. The van der Waals surface area contributed by atoms with Gasteiger partial charge in [-0.15, -0.1) is 24.0 Å². The smallest absolute Gasteiger partial charge is 0.257 e. The van der Waals surface area contributed by atoms with Crippen molar-refractivity contribution in [2.45, 2.75) is 64.5 Å². The monoisotopic (exact) mass is 513 g/mol. The zero-order valence-electron chi connectivity index (χ0n) is 17.2. The summed E-state index contributed by atoms with van der Waals surface area (Å²) >= 11 is 0. The molecule has 3 rings (SSSR count). The Morgan fingerprint density at radius 2 is 1.90 bits per heavy atom. The van der Waals surface area contributed by atoms with Crippen LogP contribution < -0.4 is 10.6 Å². The number of aromatic nitrogens is 2. The Labute approximate surface area is 189 Å². The van der Waals surface area contributed by atoms with Crippen LogP contribution in [-0.2, 0) is 12.8 Å². The zero-order valence-corrected chi connectivity index (χ0v) is 19.6. The molecular weight excluding hydrogens is 481 g/mol. The molecule has 0 atom stereocenters. The fourth-order valence-electron chi connectivity index (χ4n) is 3.36. The number of nitrogens with zero attached hydrogens (tertiary/aromatic N) is 3. The van der Waals surface area contributed by atoms with E-state index >= 15 is 0 Å². The van der Waals surface area contributed by atoms with Crippen molar-refractivity contribution in [3.63, 3.8) is 0 Å². The quantitative estimate of drug-likeness (QED) is 0.299. The van der Waals surface area contributed by atoms with Gasteiger partial charge in [-0.2, -0.15) is 4.98 Å². The van der Waals surface area contributed by atoms with Gasteiger partial charge >= 0.3 is 0 Å². The molecule has 0 saturated heterocycles. The van der Waals surface area contributed by atoms with E-state index in [0.29, 0.717) is 18.5 Å². The lowest BCUT2D eigenvalue weighted by molar-refractivity contribution is 0.120. The summed E-state index contributed by atoms with van der Waals surface area (Å²) in [5, 5.41) is 20.4. The van der Waals surface area contributed by atoms with E-state index in [2.05, 4.69) is 39.8 Å². The molecule has 7 nitrogen and oxygen atoms in total. The molecule has 1 aromatic heterocycles. The molecule has 160 valence electrons. The summed E-state index contributed by atoms with van der Waals surface area (Å²) in [4.78, 5) is 9.07. The van der Waals surface area contributed by atoms with Gasteiger partial charge in [-0.25, -0.2) is 0 Å². The molecule has 0 radical (unpaired) electrons. The highest BCUT2D eigenvalue weighted by atomic mass is 127. The highest BCUT2D eigenvalue weighted by Gasteiger charge is 2.19. The molecule has 0 unspecified atom stereocenters. The number of benzene rings is 1. The van der Waals surface area contributed by atoms with E-state index in [-0.39, 0.29) is 30.1 Å². The molecule has 0 spiro atoms. The minimum Gasteiger partial charge on any atom is -0.393 e. The van der Waals surface area contributed by atoms with E-state index in [9.17, 15) is 5.11 Å². The van der Waals surface area contributed by atoms with Crippen molar-refractivity contribution in [2.24, 2.45) is 4.99 Å². The molecule has 2 aromatic rings. The molecule has 1 fully saturated rings. The second kappa shape index (κ2) is 12.1. The summed E-state index contributed by atoms with van der Waals surface area (Å²) in [6, 6.07) is 8.60. The van der Waals surface area contributed by atoms with Gasteiger partial charge in [0.15, 0.2) is 11.8 Å². The average molecular weight is 513 g/mol. The van der Waals surface area contributed by atoms with Crippen molar-refractivity contribution < 1.29 is 9.63 Å². The van der Waals surface area contributed by atoms with Crippen molar-refractivity contribution in [3.05, 3.63) is 35.7 Å². The third kappa shape index (κ3) is 7.26. The minimum absolute atomic E-state index is 0. The standard InChI is InChI=1S/C21H31N5O2.HI/c1-3-19-25-20(28-26-19)16-7-5-15(6-8-16)13-14-23-21(22-4-2)24-17-9-11-18(27)12-10-17;/h5-8,17-18,27H,3-4,9-14H2,1-2H3,(H2,22,23,24);1H. The van der Waals surface area contributed by atoms with Crippen LogP contribution in [0.4, 0.5) is 0 Å². The molecule has 1 heterocycles. The van der Waals surface area contributed by atoms with Gasteiger partial charge in [0, 0.05) is 31.1 Å².